The van der Waals surface area contributed by atoms with Crippen LogP contribution in [0.1, 0.15) is 18.9 Å². The number of aromatic hydroxyl groups is 1. The number of benzene rings is 1. The van der Waals surface area contributed by atoms with Crippen molar-refractivity contribution in [3.8, 4) is 11.5 Å². The summed E-state index contributed by atoms with van der Waals surface area (Å²) < 4.78 is 16.1. The molecule has 1 rings (SSSR count). The molecule has 108 valence electrons. The van der Waals surface area contributed by atoms with E-state index >= 15 is 0 Å². The van der Waals surface area contributed by atoms with Gasteiger partial charge in [0, 0.05) is 52.0 Å². The minimum Gasteiger partial charge on any atom is -0.504 e. The van der Waals surface area contributed by atoms with Gasteiger partial charge in [0.25, 0.3) is 0 Å². The second-order valence-corrected chi connectivity index (χ2v) is 6.45. The molecule has 0 fully saturated rings. The Kier molecular flexibility index (Phi) is 6.62. The number of phenols is 1. The Hall–Kier alpha value is -0.780. The molecule has 2 atom stereocenters. The van der Waals surface area contributed by atoms with Crippen LogP contribution < -0.4 is 10.1 Å². The summed E-state index contributed by atoms with van der Waals surface area (Å²) >= 11 is 5.96. The maximum atomic E-state index is 11.0. The van der Waals surface area contributed by atoms with Gasteiger partial charge in [-0.05, 0) is 19.4 Å². The molecule has 0 saturated carbocycles. The first kappa shape index (κ1) is 16.3. The van der Waals surface area contributed by atoms with Gasteiger partial charge in [-0.25, -0.2) is 0 Å². The monoisotopic (exact) mass is 305 g/mol. The van der Waals surface area contributed by atoms with Crippen LogP contribution in [0.15, 0.2) is 12.1 Å². The van der Waals surface area contributed by atoms with Crippen LogP contribution >= 0.6 is 11.6 Å². The van der Waals surface area contributed by atoms with E-state index in [4.69, 9.17) is 16.3 Å². The van der Waals surface area contributed by atoms with Crippen LogP contribution in [0.2, 0.25) is 5.02 Å². The number of halogens is 1. The predicted molar refractivity (Wildman–Crippen MR) is 79.5 cm³/mol. The van der Waals surface area contributed by atoms with Crippen LogP contribution in [0.4, 0.5) is 0 Å². The Morgan fingerprint density at radius 2 is 2.21 bits per heavy atom. The van der Waals surface area contributed by atoms with Crippen LogP contribution in [-0.4, -0.2) is 34.5 Å². The van der Waals surface area contributed by atoms with Crippen LogP contribution in [0.25, 0.3) is 0 Å². The molecular weight excluding hydrogens is 286 g/mol. The van der Waals surface area contributed by atoms with Crippen LogP contribution in [0.5, 0.6) is 11.5 Å². The van der Waals surface area contributed by atoms with Gasteiger partial charge in [-0.1, -0.05) is 11.6 Å². The molecule has 4 nitrogen and oxygen atoms in total. The molecule has 0 saturated heterocycles. The standard InChI is InChI=1S/C13H20ClNO3S/c1-9(4-5-19(3)17)15-8-10-6-11(14)7-12(18-2)13(10)16/h6-7,9,15-16H,4-5,8H2,1-3H3. The van der Waals surface area contributed by atoms with E-state index in [1.165, 1.54) is 7.11 Å². The Bertz CT molecular complexity index is 454. The van der Waals surface area contributed by atoms with Crippen LogP contribution in [-0.2, 0) is 17.3 Å². The van der Waals surface area contributed by atoms with E-state index in [2.05, 4.69) is 5.32 Å². The maximum Gasteiger partial charge on any atom is 0.162 e. The van der Waals surface area contributed by atoms with Gasteiger partial charge in [-0.3, -0.25) is 4.21 Å². The molecule has 1 aromatic rings. The third-order valence-electron chi connectivity index (χ3n) is 2.82. The number of ether oxygens (including phenoxy) is 1. The van der Waals surface area contributed by atoms with Crippen molar-refractivity contribution in [2.75, 3.05) is 19.1 Å². The van der Waals surface area contributed by atoms with Crippen molar-refractivity contribution >= 4 is 22.4 Å². The molecule has 2 unspecified atom stereocenters. The Morgan fingerprint density at radius 3 is 2.79 bits per heavy atom. The zero-order valence-corrected chi connectivity index (χ0v) is 13.0. The molecule has 0 radical (unpaired) electrons. The molecule has 0 heterocycles. The van der Waals surface area contributed by atoms with Crippen molar-refractivity contribution in [3.63, 3.8) is 0 Å². The number of rotatable bonds is 7. The highest BCUT2D eigenvalue weighted by atomic mass is 35.5. The number of methoxy groups -OCH3 is 1. The molecule has 0 aromatic heterocycles. The van der Waals surface area contributed by atoms with E-state index < -0.39 is 10.8 Å². The van der Waals surface area contributed by atoms with E-state index in [1.54, 1.807) is 18.4 Å². The molecule has 0 bridgehead atoms. The molecular formula is C13H20ClNO3S. The molecule has 0 amide bonds. The highest BCUT2D eigenvalue weighted by Crippen LogP contribution is 2.33. The fourth-order valence-electron chi connectivity index (χ4n) is 1.65. The topological polar surface area (TPSA) is 58.6 Å². The molecule has 0 aliphatic rings. The van der Waals surface area contributed by atoms with Gasteiger partial charge in [-0.15, -0.1) is 0 Å². The predicted octanol–water partition coefficient (Wildman–Crippen LogP) is 2.30. The SMILES string of the molecule is COc1cc(Cl)cc(CNC(C)CCS(C)=O)c1O. The van der Waals surface area contributed by atoms with Gasteiger partial charge in [0.1, 0.15) is 0 Å². The fourth-order valence-corrected chi connectivity index (χ4v) is 2.56. The van der Waals surface area contributed by atoms with Crippen molar-refractivity contribution in [2.24, 2.45) is 0 Å². The summed E-state index contributed by atoms with van der Waals surface area (Å²) in [6.07, 6.45) is 2.52. The van der Waals surface area contributed by atoms with Gasteiger partial charge in [-0.2, -0.15) is 0 Å². The normalized spacial score (nSPS) is 14.1. The summed E-state index contributed by atoms with van der Waals surface area (Å²) in [6, 6.07) is 3.49. The van der Waals surface area contributed by atoms with Crippen LogP contribution in [0, 0.1) is 0 Å². The summed E-state index contributed by atoms with van der Waals surface area (Å²) in [6.45, 7) is 2.51. The zero-order valence-electron chi connectivity index (χ0n) is 11.4. The third kappa shape index (κ3) is 5.38. The van der Waals surface area contributed by atoms with Gasteiger partial charge in [0.2, 0.25) is 0 Å². The van der Waals surface area contributed by atoms with E-state index in [9.17, 15) is 9.32 Å². The average Bonchev–Trinajstić information content (AvgIpc) is 2.36. The third-order valence-corrected chi connectivity index (χ3v) is 3.85. The van der Waals surface area contributed by atoms with E-state index in [0.717, 1.165) is 6.42 Å². The summed E-state index contributed by atoms with van der Waals surface area (Å²) in [7, 11) is 0.710. The lowest BCUT2D eigenvalue weighted by atomic mass is 10.1. The first-order valence-electron chi connectivity index (χ1n) is 6.02. The highest BCUT2D eigenvalue weighted by molar-refractivity contribution is 7.84. The quantitative estimate of drug-likeness (QED) is 0.811. The second kappa shape index (κ2) is 7.72. The highest BCUT2D eigenvalue weighted by Gasteiger charge is 2.11. The first-order chi connectivity index (χ1) is 8.93. The first-order valence-corrected chi connectivity index (χ1v) is 8.13. The molecule has 2 N–H and O–H groups in total. The second-order valence-electron chi connectivity index (χ2n) is 4.46. The maximum absolute atomic E-state index is 11.0. The van der Waals surface area contributed by atoms with Gasteiger partial charge in [0.05, 0.1) is 7.11 Å². The number of phenolic OH excluding ortho intramolecular Hbond substituents is 1. The van der Waals surface area contributed by atoms with Crippen molar-refractivity contribution < 1.29 is 14.1 Å². The van der Waals surface area contributed by atoms with Crippen molar-refractivity contribution in [3.05, 3.63) is 22.7 Å². The summed E-state index contributed by atoms with van der Waals surface area (Å²) in [5.74, 6) is 1.14. The molecule has 6 heteroatoms. The Balaban J connectivity index is 2.62. The minimum absolute atomic E-state index is 0.102. The van der Waals surface area contributed by atoms with Gasteiger partial charge < -0.3 is 15.2 Å². The zero-order chi connectivity index (χ0) is 14.4. The minimum atomic E-state index is -0.778. The smallest absolute Gasteiger partial charge is 0.162 e. The lowest BCUT2D eigenvalue weighted by Crippen LogP contribution is -2.27. The molecule has 19 heavy (non-hydrogen) atoms. The van der Waals surface area contributed by atoms with Crippen molar-refractivity contribution in [1.82, 2.24) is 5.32 Å². The van der Waals surface area contributed by atoms with Crippen LogP contribution in [0.3, 0.4) is 0 Å². The molecule has 0 spiro atoms. The van der Waals surface area contributed by atoms with E-state index in [-0.39, 0.29) is 11.8 Å². The fraction of sp³-hybridized carbons (Fsp3) is 0.538. The van der Waals surface area contributed by atoms with Gasteiger partial charge in [0.15, 0.2) is 11.5 Å². The largest absolute Gasteiger partial charge is 0.504 e. The van der Waals surface area contributed by atoms with E-state index in [1.807, 2.05) is 6.92 Å². The van der Waals surface area contributed by atoms with Gasteiger partial charge >= 0.3 is 0 Å². The summed E-state index contributed by atoms with van der Waals surface area (Å²) in [5.41, 5.74) is 0.689. The summed E-state index contributed by atoms with van der Waals surface area (Å²) in [5, 5.41) is 13.8. The Morgan fingerprint density at radius 1 is 1.53 bits per heavy atom. The lowest BCUT2D eigenvalue weighted by molar-refractivity contribution is 0.369. The Labute approximate surface area is 121 Å². The summed E-state index contributed by atoms with van der Waals surface area (Å²) in [4.78, 5) is 0. The van der Waals surface area contributed by atoms with E-state index in [0.29, 0.717) is 28.6 Å². The molecule has 1 aromatic carbocycles. The number of hydrogen-bond donors (Lipinski definition) is 2. The van der Waals surface area contributed by atoms with Crippen molar-refractivity contribution in [1.29, 1.82) is 0 Å². The van der Waals surface area contributed by atoms with Crippen molar-refractivity contribution in [2.45, 2.75) is 25.9 Å². The molecule has 0 aliphatic carbocycles. The number of nitrogens with one attached hydrogen (secondary N) is 1. The lowest BCUT2D eigenvalue weighted by Gasteiger charge is -2.15. The number of hydrogen-bond acceptors (Lipinski definition) is 4. The average molecular weight is 306 g/mol. The molecule has 0 aliphatic heterocycles.